The zero-order valence-corrected chi connectivity index (χ0v) is 25.5. The van der Waals surface area contributed by atoms with E-state index in [9.17, 15) is 0 Å². The maximum Gasteiger partial charge on any atom is 0.0546 e. The third-order valence-corrected chi connectivity index (χ3v) is 10.7. The number of rotatable bonds is 4. The molecule has 198 valence electrons. The molecule has 5 aromatic carbocycles. The molecular weight excluding hydrogens is 618 g/mol. The molecule has 2 saturated carbocycles. The largest absolute Gasteiger partial charge is 0.310 e. The minimum absolute atomic E-state index is 0.744. The molecule has 0 aliphatic heterocycles. The summed E-state index contributed by atoms with van der Waals surface area (Å²) in [6, 6.07) is 38.4. The molecule has 0 heterocycles. The van der Waals surface area contributed by atoms with Gasteiger partial charge in [0.2, 0.25) is 0 Å². The number of halogens is 2. The molecule has 2 fully saturated rings. The van der Waals surface area contributed by atoms with Crippen molar-refractivity contribution < 1.29 is 0 Å². The van der Waals surface area contributed by atoms with Crippen molar-refractivity contribution in [1.29, 1.82) is 0 Å². The molecule has 1 nitrogen and oxygen atoms in total. The van der Waals surface area contributed by atoms with Gasteiger partial charge in [-0.1, -0.05) is 74.3 Å². The first-order valence-corrected chi connectivity index (χ1v) is 16.2. The number of nitrogens with zero attached hydrogens (tertiary/aromatic N) is 1. The van der Waals surface area contributed by atoms with Gasteiger partial charge in [-0.25, -0.2) is 0 Å². The lowest BCUT2D eigenvalue weighted by Gasteiger charge is -2.38. The molecule has 40 heavy (non-hydrogen) atoms. The summed E-state index contributed by atoms with van der Waals surface area (Å²) in [6.07, 6.45) is 7.09. The Morgan fingerprint density at radius 1 is 0.525 bits per heavy atom. The van der Waals surface area contributed by atoms with Crippen molar-refractivity contribution in [2.45, 2.75) is 43.9 Å². The molecule has 0 radical (unpaired) electrons. The normalized spacial score (nSPS) is 22.8. The summed E-state index contributed by atoms with van der Waals surface area (Å²) in [5.74, 6) is 3.40. The zero-order chi connectivity index (χ0) is 26.8. The Kier molecular flexibility index (Phi) is 6.15. The topological polar surface area (TPSA) is 3.24 Å². The summed E-state index contributed by atoms with van der Waals surface area (Å²) < 4.78 is 2.16. The molecular formula is C37H31Br2N. The number of hydrogen-bond donors (Lipinski definition) is 0. The van der Waals surface area contributed by atoms with Crippen LogP contribution in [0.15, 0.2) is 112 Å². The summed E-state index contributed by atoms with van der Waals surface area (Å²) in [5, 5.41) is 2.52. The van der Waals surface area contributed by atoms with Crippen LogP contribution < -0.4 is 4.90 Å². The smallest absolute Gasteiger partial charge is 0.0546 e. The highest BCUT2D eigenvalue weighted by molar-refractivity contribution is 9.10. The van der Waals surface area contributed by atoms with Crippen LogP contribution in [0.1, 0.15) is 55.1 Å². The van der Waals surface area contributed by atoms with E-state index in [1.807, 2.05) is 0 Å². The van der Waals surface area contributed by atoms with E-state index >= 15 is 0 Å². The van der Waals surface area contributed by atoms with Crippen molar-refractivity contribution in [3.8, 4) is 11.1 Å². The fourth-order valence-electron chi connectivity index (χ4n) is 8.09. The molecule has 2 atom stereocenters. The molecule has 4 bridgehead atoms. The summed E-state index contributed by atoms with van der Waals surface area (Å²) in [7, 11) is 0. The predicted molar refractivity (Wildman–Crippen MR) is 175 cm³/mol. The molecule has 3 heteroatoms. The second kappa shape index (κ2) is 9.89. The van der Waals surface area contributed by atoms with Gasteiger partial charge in [0.1, 0.15) is 0 Å². The van der Waals surface area contributed by atoms with E-state index in [0.29, 0.717) is 0 Å². The van der Waals surface area contributed by atoms with Gasteiger partial charge in [0.05, 0.1) is 5.69 Å². The van der Waals surface area contributed by atoms with Crippen LogP contribution in [0.5, 0.6) is 0 Å². The van der Waals surface area contributed by atoms with Gasteiger partial charge in [-0.05, 0) is 144 Å². The van der Waals surface area contributed by atoms with Crippen LogP contribution in [0.25, 0.3) is 21.9 Å². The first-order chi connectivity index (χ1) is 19.6. The highest BCUT2D eigenvalue weighted by Gasteiger charge is 2.42. The molecule has 0 N–H and O–H groups in total. The predicted octanol–water partition coefficient (Wildman–Crippen LogP) is 11.9. The molecule has 4 aliphatic carbocycles. The summed E-state index contributed by atoms with van der Waals surface area (Å²) >= 11 is 7.27. The Labute approximate surface area is 253 Å². The van der Waals surface area contributed by atoms with E-state index < -0.39 is 0 Å². The van der Waals surface area contributed by atoms with Crippen LogP contribution in [0.2, 0.25) is 0 Å². The SMILES string of the molecule is Brc1ccc(N(c2ccc(Br)cc2)c2cc(-c3ccc4c(c3)C3CC5CC(CC4C5)C3)cc3ccccc23)cc1. The van der Waals surface area contributed by atoms with E-state index in [0.717, 1.165) is 44.0 Å². The van der Waals surface area contributed by atoms with Crippen molar-refractivity contribution in [2.24, 2.45) is 11.8 Å². The number of anilines is 3. The lowest BCUT2D eigenvalue weighted by Crippen LogP contribution is -2.25. The van der Waals surface area contributed by atoms with Crippen molar-refractivity contribution in [3.63, 3.8) is 0 Å². The number of hydrogen-bond acceptors (Lipinski definition) is 1. The summed E-state index contributed by atoms with van der Waals surface area (Å²) in [5.41, 5.74) is 9.43. The van der Waals surface area contributed by atoms with Crippen molar-refractivity contribution >= 4 is 59.7 Å². The Morgan fingerprint density at radius 3 is 1.77 bits per heavy atom. The summed E-state index contributed by atoms with van der Waals surface area (Å²) in [6.45, 7) is 0. The molecule has 4 aliphatic rings. The van der Waals surface area contributed by atoms with Gasteiger partial charge in [-0.3, -0.25) is 0 Å². The van der Waals surface area contributed by atoms with Gasteiger partial charge >= 0.3 is 0 Å². The fourth-order valence-corrected chi connectivity index (χ4v) is 8.62. The third-order valence-electron chi connectivity index (χ3n) is 9.69. The number of benzene rings is 5. The van der Waals surface area contributed by atoms with Gasteiger partial charge in [0.25, 0.3) is 0 Å². The third kappa shape index (κ3) is 4.33. The van der Waals surface area contributed by atoms with E-state index in [1.165, 1.54) is 59.7 Å². The lowest BCUT2D eigenvalue weighted by molar-refractivity contribution is 0.166. The molecule has 0 amide bonds. The molecule has 0 spiro atoms. The Hall–Kier alpha value is -2.88. The van der Waals surface area contributed by atoms with Crippen LogP contribution in [0.3, 0.4) is 0 Å². The van der Waals surface area contributed by atoms with E-state index in [4.69, 9.17) is 0 Å². The van der Waals surface area contributed by atoms with Crippen LogP contribution in [-0.2, 0) is 0 Å². The molecule has 0 saturated heterocycles. The van der Waals surface area contributed by atoms with E-state index in [1.54, 1.807) is 11.1 Å². The summed E-state index contributed by atoms with van der Waals surface area (Å²) in [4.78, 5) is 2.40. The Bertz CT molecular complexity index is 1660. The lowest BCUT2D eigenvalue weighted by atomic mass is 9.67. The Balaban J connectivity index is 1.31. The maximum absolute atomic E-state index is 3.64. The molecule has 9 rings (SSSR count). The zero-order valence-electron chi connectivity index (χ0n) is 22.4. The first-order valence-electron chi connectivity index (χ1n) is 14.6. The average molecular weight is 649 g/mol. The van der Waals surface area contributed by atoms with Crippen molar-refractivity contribution in [3.05, 3.63) is 123 Å². The second-order valence-electron chi connectivity index (χ2n) is 12.2. The second-order valence-corrected chi connectivity index (χ2v) is 14.0. The van der Waals surface area contributed by atoms with E-state index in [-0.39, 0.29) is 0 Å². The molecule has 0 aromatic heterocycles. The standard InChI is InChI=1S/C37H31Br2N/c38-30-6-10-32(11-7-30)40(33-12-8-31(39)9-13-33)37-22-27(20-26-3-1-2-4-35(26)37)25-5-14-34-28-16-23-15-24(17-28)19-29(18-23)36(34)21-25/h1-14,20-24,28-29H,15-19H2. The maximum atomic E-state index is 3.64. The van der Waals surface area contributed by atoms with Crippen LogP contribution in [-0.4, -0.2) is 0 Å². The highest BCUT2D eigenvalue weighted by Crippen LogP contribution is 2.56. The number of fused-ring (bicyclic) bond motifs is 1. The van der Waals surface area contributed by atoms with Crippen LogP contribution >= 0.6 is 31.9 Å². The minimum atomic E-state index is 0.744. The first kappa shape index (κ1) is 24.9. The molecule has 2 unspecified atom stereocenters. The Morgan fingerprint density at radius 2 is 1.12 bits per heavy atom. The van der Waals surface area contributed by atoms with Gasteiger partial charge in [-0.2, -0.15) is 0 Å². The van der Waals surface area contributed by atoms with Crippen molar-refractivity contribution in [1.82, 2.24) is 0 Å². The van der Waals surface area contributed by atoms with Gasteiger partial charge in [0.15, 0.2) is 0 Å². The van der Waals surface area contributed by atoms with Gasteiger partial charge in [-0.15, -0.1) is 0 Å². The monoisotopic (exact) mass is 647 g/mol. The van der Waals surface area contributed by atoms with Crippen LogP contribution in [0.4, 0.5) is 17.1 Å². The highest BCUT2D eigenvalue weighted by atomic mass is 79.9. The van der Waals surface area contributed by atoms with Gasteiger partial charge < -0.3 is 4.90 Å². The average Bonchev–Trinajstić information content (AvgIpc) is 3.14. The molecule has 5 aromatic rings. The van der Waals surface area contributed by atoms with E-state index in [2.05, 4.69) is 140 Å². The quantitative estimate of drug-likeness (QED) is 0.187. The fraction of sp³-hybridized carbons (Fsp3) is 0.243. The minimum Gasteiger partial charge on any atom is -0.310 e. The van der Waals surface area contributed by atoms with Crippen LogP contribution in [0, 0.1) is 11.8 Å². The van der Waals surface area contributed by atoms with Crippen molar-refractivity contribution in [2.75, 3.05) is 4.90 Å². The van der Waals surface area contributed by atoms with Gasteiger partial charge in [0, 0.05) is 25.7 Å².